The van der Waals surface area contributed by atoms with E-state index in [1.165, 1.54) is 27.2 Å². The van der Waals surface area contributed by atoms with Crippen molar-refractivity contribution < 1.29 is 19.7 Å². The predicted molar refractivity (Wildman–Crippen MR) is 126 cm³/mol. The Morgan fingerprint density at radius 1 is 1.00 bits per heavy atom. The number of phenols is 1. The van der Waals surface area contributed by atoms with Gasteiger partial charge in [-0.1, -0.05) is 60.7 Å². The fraction of sp³-hybridized carbons (Fsp3) is 0.321. The summed E-state index contributed by atoms with van der Waals surface area (Å²) in [5, 5.41) is 21.1. The zero-order valence-corrected chi connectivity index (χ0v) is 18.4. The second kappa shape index (κ2) is 7.63. The van der Waals surface area contributed by atoms with Gasteiger partial charge in [0.2, 0.25) is 0 Å². The molecular formula is C28H27NO4. The van der Waals surface area contributed by atoms with Crippen LogP contribution >= 0.6 is 0 Å². The average molecular weight is 442 g/mol. The number of hydrogen-bond acceptors (Lipinski definition) is 3. The lowest BCUT2D eigenvalue weighted by Gasteiger charge is -2.47. The SMILES string of the molecule is O=C(O)N1CCC[C@H]1[C@]1(CC2c3ccccc3-c3ccccc32)OCCc2cccc(O)c21. The smallest absolute Gasteiger partial charge is 0.407 e. The van der Waals surface area contributed by atoms with Crippen LogP contribution in [0, 0.1) is 0 Å². The number of likely N-dealkylation sites (tertiary alicyclic amines) is 1. The highest BCUT2D eigenvalue weighted by molar-refractivity contribution is 5.79. The highest BCUT2D eigenvalue weighted by Gasteiger charge is 2.53. The molecule has 2 aliphatic heterocycles. The number of phenolic OH excluding ortho intramolecular Hbond substituents is 1. The summed E-state index contributed by atoms with van der Waals surface area (Å²) in [7, 11) is 0. The summed E-state index contributed by atoms with van der Waals surface area (Å²) in [6.45, 7) is 1.00. The van der Waals surface area contributed by atoms with Crippen LogP contribution in [0.15, 0.2) is 66.7 Å². The highest BCUT2D eigenvalue weighted by Crippen LogP contribution is 2.55. The zero-order chi connectivity index (χ0) is 22.6. The molecule has 5 heteroatoms. The van der Waals surface area contributed by atoms with Gasteiger partial charge in [-0.05, 0) is 59.6 Å². The number of amides is 1. The van der Waals surface area contributed by atoms with Crippen LogP contribution in [-0.4, -0.2) is 40.4 Å². The summed E-state index contributed by atoms with van der Waals surface area (Å²) in [4.78, 5) is 13.8. The van der Waals surface area contributed by atoms with Gasteiger partial charge >= 0.3 is 6.09 Å². The first-order valence-corrected chi connectivity index (χ1v) is 11.7. The van der Waals surface area contributed by atoms with Crippen LogP contribution in [0.5, 0.6) is 5.75 Å². The van der Waals surface area contributed by atoms with Gasteiger partial charge in [-0.2, -0.15) is 0 Å². The fourth-order valence-electron chi connectivity index (χ4n) is 6.52. The van der Waals surface area contributed by atoms with E-state index in [4.69, 9.17) is 4.74 Å². The van der Waals surface area contributed by atoms with Gasteiger partial charge in [0.25, 0.3) is 0 Å². The number of hydrogen-bond donors (Lipinski definition) is 2. The van der Waals surface area contributed by atoms with Crippen molar-refractivity contribution in [3.05, 3.63) is 89.0 Å². The molecule has 3 aromatic carbocycles. The van der Waals surface area contributed by atoms with Crippen LogP contribution in [0.3, 0.4) is 0 Å². The number of fused-ring (bicyclic) bond motifs is 4. The Morgan fingerprint density at radius 3 is 2.39 bits per heavy atom. The van der Waals surface area contributed by atoms with Gasteiger partial charge < -0.3 is 19.8 Å². The van der Waals surface area contributed by atoms with Gasteiger partial charge in [-0.3, -0.25) is 0 Å². The van der Waals surface area contributed by atoms with Crippen molar-refractivity contribution in [1.29, 1.82) is 0 Å². The highest BCUT2D eigenvalue weighted by atomic mass is 16.5. The number of carboxylic acid groups (broad SMARTS) is 1. The molecule has 1 amide bonds. The summed E-state index contributed by atoms with van der Waals surface area (Å²) < 4.78 is 6.66. The molecule has 0 saturated carbocycles. The molecule has 168 valence electrons. The van der Waals surface area contributed by atoms with Gasteiger partial charge in [0.05, 0.1) is 12.6 Å². The summed E-state index contributed by atoms with van der Waals surface area (Å²) in [6.07, 6.45) is 1.89. The van der Waals surface area contributed by atoms with E-state index in [2.05, 4.69) is 48.5 Å². The maximum atomic E-state index is 12.2. The first-order valence-electron chi connectivity index (χ1n) is 11.7. The minimum absolute atomic E-state index is 0.0548. The number of benzene rings is 3. The Hall–Kier alpha value is -3.31. The van der Waals surface area contributed by atoms with Crippen molar-refractivity contribution in [1.82, 2.24) is 4.90 Å². The number of nitrogens with zero attached hydrogens (tertiary/aromatic N) is 1. The third kappa shape index (κ3) is 2.99. The fourth-order valence-corrected chi connectivity index (χ4v) is 6.52. The lowest BCUT2D eigenvalue weighted by Crippen LogP contribution is -2.53. The summed E-state index contributed by atoms with van der Waals surface area (Å²) in [6, 6.07) is 22.2. The van der Waals surface area contributed by atoms with Crippen molar-refractivity contribution in [2.45, 2.75) is 43.2 Å². The van der Waals surface area contributed by atoms with Crippen molar-refractivity contribution in [2.75, 3.05) is 13.2 Å². The zero-order valence-electron chi connectivity index (χ0n) is 18.4. The topological polar surface area (TPSA) is 70.0 Å². The molecule has 0 radical (unpaired) electrons. The molecule has 1 aliphatic carbocycles. The van der Waals surface area contributed by atoms with Crippen molar-refractivity contribution >= 4 is 6.09 Å². The number of ether oxygens (including phenoxy) is 1. The van der Waals surface area contributed by atoms with Crippen LogP contribution in [0.25, 0.3) is 11.1 Å². The monoisotopic (exact) mass is 441 g/mol. The molecule has 2 heterocycles. The van der Waals surface area contributed by atoms with Crippen LogP contribution in [0.2, 0.25) is 0 Å². The van der Waals surface area contributed by atoms with Crippen LogP contribution in [0.1, 0.15) is 47.4 Å². The van der Waals surface area contributed by atoms with Crippen LogP contribution in [-0.2, 0) is 16.8 Å². The average Bonchev–Trinajstić information content (AvgIpc) is 3.44. The maximum absolute atomic E-state index is 12.2. The Bertz CT molecular complexity index is 1190. The summed E-state index contributed by atoms with van der Waals surface area (Å²) in [5.74, 6) is 0.253. The van der Waals surface area contributed by atoms with Crippen molar-refractivity contribution in [3.8, 4) is 16.9 Å². The Balaban J connectivity index is 1.55. The lowest BCUT2D eigenvalue weighted by molar-refractivity contribution is -0.112. The Morgan fingerprint density at radius 2 is 1.70 bits per heavy atom. The van der Waals surface area contributed by atoms with Crippen LogP contribution in [0.4, 0.5) is 4.79 Å². The van der Waals surface area contributed by atoms with Gasteiger partial charge in [-0.15, -0.1) is 0 Å². The maximum Gasteiger partial charge on any atom is 0.407 e. The number of aromatic hydroxyl groups is 1. The molecule has 1 fully saturated rings. The van der Waals surface area contributed by atoms with E-state index < -0.39 is 11.7 Å². The molecule has 3 aliphatic rings. The predicted octanol–water partition coefficient (Wildman–Crippen LogP) is 5.51. The molecule has 3 aromatic rings. The third-order valence-electron chi connectivity index (χ3n) is 7.79. The van der Waals surface area contributed by atoms with E-state index in [-0.39, 0.29) is 17.7 Å². The Kier molecular flexibility index (Phi) is 4.70. The molecule has 5 nitrogen and oxygen atoms in total. The lowest BCUT2D eigenvalue weighted by atomic mass is 9.72. The van der Waals surface area contributed by atoms with Crippen molar-refractivity contribution in [2.24, 2.45) is 0 Å². The van der Waals surface area contributed by atoms with Crippen LogP contribution < -0.4 is 0 Å². The molecule has 6 rings (SSSR count). The Labute approximate surface area is 193 Å². The molecule has 1 saturated heterocycles. The summed E-state index contributed by atoms with van der Waals surface area (Å²) >= 11 is 0. The van der Waals surface area contributed by atoms with Gasteiger partial charge in [0.15, 0.2) is 0 Å². The van der Waals surface area contributed by atoms with E-state index in [1.54, 1.807) is 6.07 Å². The van der Waals surface area contributed by atoms with Gasteiger partial charge in [-0.25, -0.2) is 4.79 Å². The second-order valence-corrected chi connectivity index (χ2v) is 9.36. The molecule has 2 N–H and O–H groups in total. The van der Waals surface area contributed by atoms with E-state index in [9.17, 15) is 15.0 Å². The van der Waals surface area contributed by atoms with Crippen molar-refractivity contribution in [3.63, 3.8) is 0 Å². The number of carbonyl (C=O) groups is 1. The normalized spacial score (nSPS) is 23.8. The van der Waals surface area contributed by atoms with Gasteiger partial charge in [0, 0.05) is 18.0 Å². The minimum atomic E-state index is -0.921. The van der Waals surface area contributed by atoms with E-state index in [0.717, 1.165) is 24.0 Å². The quantitative estimate of drug-likeness (QED) is 0.563. The minimum Gasteiger partial charge on any atom is -0.508 e. The molecule has 0 spiro atoms. The molecule has 2 atom stereocenters. The van der Waals surface area contributed by atoms with E-state index in [1.807, 2.05) is 12.1 Å². The largest absolute Gasteiger partial charge is 0.508 e. The molecular weight excluding hydrogens is 414 g/mol. The summed E-state index contributed by atoms with van der Waals surface area (Å²) in [5.41, 5.74) is 5.84. The molecule has 0 aromatic heterocycles. The van der Waals surface area contributed by atoms with Gasteiger partial charge in [0.1, 0.15) is 11.4 Å². The van der Waals surface area contributed by atoms with E-state index >= 15 is 0 Å². The number of rotatable bonds is 3. The van der Waals surface area contributed by atoms with E-state index in [0.29, 0.717) is 26.0 Å². The molecule has 0 bridgehead atoms. The first-order chi connectivity index (χ1) is 16.1. The molecule has 0 unspecified atom stereocenters. The second-order valence-electron chi connectivity index (χ2n) is 9.36. The standard InChI is InChI=1S/C28H27NO4/c30-24-12-5-7-18-14-16-33-28(26(18)24,25-13-6-15-29(25)27(31)32)17-23-21-10-3-1-8-19(21)20-9-2-4-11-22(20)23/h1-5,7-12,23,25,30H,6,13-17H2,(H,31,32)/t25-,28-/m0/s1. The molecule has 33 heavy (non-hydrogen) atoms. The third-order valence-corrected chi connectivity index (χ3v) is 7.79. The first kappa shape index (κ1) is 20.3.